The highest BCUT2D eigenvalue weighted by Gasteiger charge is 2.64. The van der Waals surface area contributed by atoms with Gasteiger partial charge in [-0.1, -0.05) is 121 Å². The van der Waals surface area contributed by atoms with Crippen molar-refractivity contribution in [1.82, 2.24) is 5.06 Å². The van der Waals surface area contributed by atoms with Crippen molar-refractivity contribution in [1.29, 1.82) is 0 Å². The minimum atomic E-state index is -3.98. The monoisotopic (exact) mass is 655 g/mol. The Kier molecular flexibility index (Phi) is 11.0. The van der Waals surface area contributed by atoms with Crippen molar-refractivity contribution in [2.24, 2.45) is 10.8 Å². The molecule has 4 aromatic rings. The first-order chi connectivity index (χ1) is 23.0. The Morgan fingerprint density at radius 2 is 1.02 bits per heavy atom. The van der Waals surface area contributed by atoms with E-state index < -0.39 is 13.2 Å². The van der Waals surface area contributed by atoms with E-state index in [9.17, 15) is 9.36 Å². The van der Waals surface area contributed by atoms with Gasteiger partial charge in [0.05, 0.1) is 39.1 Å². The van der Waals surface area contributed by atoms with Gasteiger partial charge in [0.1, 0.15) is 6.61 Å². The Labute approximate surface area is 277 Å². The van der Waals surface area contributed by atoms with Gasteiger partial charge in [-0.05, 0) is 47.9 Å². The molecule has 0 heterocycles. The van der Waals surface area contributed by atoms with Crippen LogP contribution in [-0.4, -0.2) is 30.7 Å². The van der Waals surface area contributed by atoms with E-state index in [-0.39, 0.29) is 31.3 Å². The van der Waals surface area contributed by atoms with Crippen molar-refractivity contribution in [2.75, 3.05) is 13.2 Å². The fourth-order valence-electron chi connectivity index (χ4n) is 5.99. The minimum absolute atomic E-state index is 0.0881. The predicted molar refractivity (Wildman–Crippen MR) is 178 cm³/mol. The molecule has 1 atom stereocenters. The second-order valence-electron chi connectivity index (χ2n) is 12.6. The van der Waals surface area contributed by atoms with Gasteiger partial charge in [-0.15, -0.1) is 0 Å². The van der Waals surface area contributed by atoms with E-state index in [0.29, 0.717) is 19.8 Å². The lowest BCUT2D eigenvalue weighted by Gasteiger charge is -2.36. The van der Waals surface area contributed by atoms with Crippen LogP contribution in [0.4, 0.5) is 0 Å². The molecule has 2 aliphatic carbocycles. The number of amides is 1. The molecule has 4 aromatic carbocycles. The fraction of sp³-hybridized carbons (Fsp3) is 0.342. The van der Waals surface area contributed by atoms with Gasteiger partial charge in [-0.3, -0.25) is 23.2 Å². The van der Waals surface area contributed by atoms with Crippen LogP contribution in [0.3, 0.4) is 0 Å². The summed E-state index contributed by atoms with van der Waals surface area (Å²) in [5, 5.41) is 1.40. The molecule has 0 aliphatic heterocycles. The van der Waals surface area contributed by atoms with E-state index in [1.807, 2.05) is 121 Å². The Hall–Kier alpha value is -3.62. The first kappa shape index (κ1) is 33.3. The molecule has 2 saturated carbocycles. The summed E-state index contributed by atoms with van der Waals surface area (Å²) in [7, 11) is -3.98. The van der Waals surface area contributed by atoms with Crippen LogP contribution in [0.1, 0.15) is 47.9 Å². The second-order valence-corrected chi connectivity index (χ2v) is 14.2. The number of rotatable bonds is 20. The highest BCUT2D eigenvalue weighted by atomic mass is 31.2. The van der Waals surface area contributed by atoms with Crippen molar-refractivity contribution in [2.45, 2.75) is 58.2 Å². The Morgan fingerprint density at radius 3 is 1.45 bits per heavy atom. The topological polar surface area (TPSA) is 83.5 Å². The van der Waals surface area contributed by atoms with E-state index in [0.717, 1.165) is 54.3 Å². The molecule has 2 fully saturated rings. The number of hydroxylamine groups is 2. The van der Waals surface area contributed by atoms with E-state index in [1.165, 1.54) is 5.06 Å². The standard InChI is InChI=1S/C38H42NO7P/c40-31-39(43-26-33-15-7-2-8-16-33)29-37(21-22-37)36(42-25-32-13-5-1-6-14-32)38(23-24-38)30-46-47(41,44-27-34-17-9-3-10-18-34)45-28-35-19-11-4-12-20-35/h1-20,31,36H,21-30H2/t36-/m0/s1. The molecule has 0 unspecified atom stereocenters. The van der Waals surface area contributed by atoms with Crippen LogP contribution in [0.15, 0.2) is 121 Å². The Morgan fingerprint density at radius 1 is 0.596 bits per heavy atom. The lowest BCUT2D eigenvalue weighted by atomic mass is 9.85. The highest BCUT2D eigenvalue weighted by Crippen LogP contribution is 2.65. The first-order valence-corrected chi connectivity index (χ1v) is 17.6. The highest BCUT2D eigenvalue weighted by molar-refractivity contribution is 7.48. The third-order valence-corrected chi connectivity index (χ3v) is 10.3. The normalized spacial score (nSPS) is 16.7. The van der Waals surface area contributed by atoms with Gasteiger partial charge >= 0.3 is 7.82 Å². The van der Waals surface area contributed by atoms with Crippen molar-refractivity contribution in [3.63, 3.8) is 0 Å². The van der Waals surface area contributed by atoms with Gasteiger partial charge in [0.25, 0.3) is 0 Å². The van der Waals surface area contributed by atoms with Gasteiger partial charge in [0.2, 0.25) is 6.41 Å². The molecule has 1 amide bonds. The van der Waals surface area contributed by atoms with Gasteiger partial charge < -0.3 is 4.74 Å². The molecule has 47 heavy (non-hydrogen) atoms. The van der Waals surface area contributed by atoms with Crippen molar-refractivity contribution in [3.05, 3.63) is 144 Å². The van der Waals surface area contributed by atoms with E-state index >= 15 is 0 Å². The number of carbonyl (C=O) groups excluding carboxylic acids is 1. The number of hydrogen-bond donors (Lipinski definition) is 0. The molecule has 0 aromatic heterocycles. The molecular formula is C38H42NO7P. The number of carbonyl (C=O) groups is 1. The minimum Gasteiger partial charge on any atom is -0.372 e. The Bertz CT molecular complexity index is 1530. The summed E-state index contributed by atoms with van der Waals surface area (Å²) in [6.07, 6.45) is 3.89. The maximum Gasteiger partial charge on any atom is 0.475 e. The molecule has 0 radical (unpaired) electrons. The molecule has 6 rings (SSSR count). The average molecular weight is 656 g/mol. The Balaban J connectivity index is 1.18. The van der Waals surface area contributed by atoms with E-state index in [1.54, 1.807) is 0 Å². The lowest BCUT2D eigenvalue weighted by Crippen LogP contribution is -2.43. The number of phosphoric acid groups is 1. The SMILES string of the molecule is O=CN(CC1([C@H](OCc2ccccc2)C2(COP(=O)(OCc3ccccc3)OCc3ccccc3)CC2)CC1)OCc1ccccc1. The third-order valence-electron chi connectivity index (χ3n) is 8.96. The van der Waals surface area contributed by atoms with Crippen LogP contribution >= 0.6 is 7.82 Å². The van der Waals surface area contributed by atoms with Crippen LogP contribution in [-0.2, 0) is 58.9 Å². The number of nitrogens with zero attached hydrogens (tertiary/aromatic N) is 1. The number of hydrogen-bond acceptors (Lipinski definition) is 7. The molecule has 0 saturated heterocycles. The zero-order valence-electron chi connectivity index (χ0n) is 26.5. The average Bonchev–Trinajstić information content (AvgIpc) is 4.07. The fourth-order valence-corrected chi connectivity index (χ4v) is 7.25. The summed E-state index contributed by atoms with van der Waals surface area (Å²) in [5.74, 6) is 0. The van der Waals surface area contributed by atoms with E-state index in [2.05, 4.69) is 0 Å². The van der Waals surface area contributed by atoms with Crippen molar-refractivity contribution >= 4 is 14.2 Å². The van der Waals surface area contributed by atoms with Crippen LogP contribution in [0.2, 0.25) is 0 Å². The molecule has 0 N–H and O–H groups in total. The summed E-state index contributed by atoms with van der Waals surface area (Å²) in [5.41, 5.74) is 3.03. The van der Waals surface area contributed by atoms with Gasteiger partial charge in [-0.25, -0.2) is 9.63 Å². The summed E-state index contributed by atoms with van der Waals surface area (Å²) in [4.78, 5) is 18.2. The third kappa shape index (κ3) is 9.26. The maximum atomic E-state index is 14.2. The van der Waals surface area contributed by atoms with Crippen LogP contribution in [0.5, 0.6) is 0 Å². The smallest absolute Gasteiger partial charge is 0.372 e. The summed E-state index contributed by atoms with van der Waals surface area (Å²) in [6.45, 7) is 1.40. The van der Waals surface area contributed by atoms with Gasteiger partial charge in [-0.2, -0.15) is 0 Å². The van der Waals surface area contributed by atoms with Crippen LogP contribution in [0.25, 0.3) is 0 Å². The molecule has 9 heteroatoms. The lowest BCUT2D eigenvalue weighted by molar-refractivity contribution is -0.191. The van der Waals surface area contributed by atoms with Gasteiger partial charge in [0.15, 0.2) is 0 Å². The summed E-state index contributed by atoms with van der Waals surface area (Å²) in [6, 6.07) is 38.9. The second kappa shape index (κ2) is 15.5. The zero-order chi connectivity index (χ0) is 32.4. The predicted octanol–water partition coefficient (Wildman–Crippen LogP) is 8.28. The number of ether oxygens (including phenoxy) is 1. The molecular weight excluding hydrogens is 613 g/mol. The molecule has 8 nitrogen and oxygen atoms in total. The first-order valence-electron chi connectivity index (χ1n) is 16.2. The van der Waals surface area contributed by atoms with Crippen LogP contribution in [0, 0.1) is 10.8 Å². The zero-order valence-corrected chi connectivity index (χ0v) is 27.4. The summed E-state index contributed by atoms with van der Waals surface area (Å²) >= 11 is 0. The molecule has 0 bridgehead atoms. The van der Waals surface area contributed by atoms with E-state index in [4.69, 9.17) is 23.1 Å². The number of benzene rings is 4. The summed E-state index contributed by atoms with van der Waals surface area (Å²) < 4.78 is 39.0. The molecule has 0 spiro atoms. The molecule has 2 aliphatic rings. The van der Waals surface area contributed by atoms with Crippen molar-refractivity contribution < 1.29 is 32.5 Å². The van der Waals surface area contributed by atoms with Gasteiger partial charge in [0, 0.05) is 10.8 Å². The quantitative estimate of drug-likeness (QED) is 0.0538. The largest absolute Gasteiger partial charge is 0.475 e. The van der Waals surface area contributed by atoms with Crippen LogP contribution < -0.4 is 0 Å². The van der Waals surface area contributed by atoms with Crippen molar-refractivity contribution in [3.8, 4) is 0 Å². The number of phosphoric ester groups is 1. The maximum absolute atomic E-state index is 14.2. The molecule has 246 valence electrons.